The topological polar surface area (TPSA) is 90.9 Å². The van der Waals surface area contributed by atoms with Gasteiger partial charge in [0.05, 0.1) is 17.8 Å². The summed E-state index contributed by atoms with van der Waals surface area (Å²) < 4.78 is 1.78. The van der Waals surface area contributed by atoms with Crippen molar-refractivity contribution < 1.29 is 9.90 Å². The fourth-order valence-corrected chi connectivity index (χ4v) is 2.98. The molecule has 0 fully saturated rings. The summed E-state index contributed by atoms with van der Waals surface area (Å²) in [6.45, 7) is 11.7. The lowest BCUT2D eigenvalue weighted by Gasteiger charge is -2.10. The van der Waals surface area contributed by atoms with Gasteiger partial charge in [-0.2, -0.15) is 10.4 Å². The third-order valence-electron chi connectivity index (χ3n) is 4.38. The molecule has 138 valence electrons. The number of hydrogen-bond donors (Lipinski definition) is 2. The molecule has 0 aliphatic rings. The maximum absolute atomic E-state index is 12.0. The summed E-state index contributed by atoms with van der Waals surface area (Å²) in [5.74, 6) is -0.305. The zero-order valence-electron chi connectivity index (χ0n) is 15.7. The molecule has 0 atom stereocenters. The summed E-state index contributed by atoms with van der Waals surface area (Å²) in [5, 5.41) is 26.1. The number of nitrogens with zero attached hydrogens (tertiary/aromatic N) is 3. The maximum Gasteiger partial charge on any atom is 0.251 e. The highest BCUT2D eigenvalue weighted by molar-refractivity contribution is 5.97. The van der Waals surface area contributed by atoms with Gasteiger partial charge in [-0.1, -0.05) is 31.4 Å². The first kappa shape index (κ1) is 19.7. The second-order valence-corrected chi connectivity index (χ2v) is 5.97. The SMILES string of the molecule is C=C/C(Cn1nc(C)c(-c2ccc(C#N)c(O)c2)c1C)=C(\C=C)C(=O)NC. The molecule has 0 radical (unpaired) electrons. The monoisotopic (exact) mass is 362 g/mol. The number of likely N-dealkylation sites (N-methyl/N-ethyl adjacent to an activating group) is 1. The number of benzene rings is 1. The van der Waals surface area contributed by atoms with Crippen molar-refractivity contribution in [3.8, 4) is 22.9 Å². The number of nitrogens with one attached hydrogen (secondary N) is 1. The zero-order valence-corrected chi connectivity index (χ0v) is 15.7. The lowest BCUT2D eigenvalue weighted by Crippen LogP contribution is -2.21. The van der Waals surface area contributed by atoms with E-state index in [9.17, 15) is 9.90 Å². The number of phenolic OH excluding ortho intramolecular Hbond substituents is 1. The van der Waals surface area contributed by atoms with E-state index in [1.165, 1.54) is 6.08 Å². The molecule has 1 aromatic heterocycles. The van der Waals surface area contributed by atoms with E-state index >= 15 is 0 Å². The molecule has 0 bridgehead atoms. The van der Waals surface area contributed by atoms with Crippen molar-refractivity contribution in [2.45, 2.75) is 20.4 Å². The number of phenols is 1. The van der Waals surface area contributed by atoms with E-state index in [0.29, 0.717) is 17.7 Å². The van der Waals surface area contributed by atoms with Gasteiger partial charge in [-0.15, -0.1) is 0 Å². The lowest BCUT2D eigenvalue weighted by molar-refractivity contribution is -0.116. The van der Waals surface area contributed by atoms with Crippen LogP contribution in [0.2, 0.25) is 0 Å². The molecule has 0 aliphatic heterocycles. The largest absolute Gasteiger partial charge is 0.507 e. The molecule has 1 heterocycles. The molecule has 2 aromatic rings. The fraction of sp³-hybridized carbons (Fsp3) is 0.190. The number of hydrogen-bond acceptors (Lipinski definition) is 4. The van der Waals surface area contributed by atoms with Crippen molar-refractivity contribution in [2.24, 2.45) is 0 Å². The number of aryl methyl sites for hydroxylation is 1. The van der Waals surface area contributed by atoms with Crippen molar-refractivity contribution in [3.05, 3.63) is 71.6 Å². The standard InChI is InChI=1S/C21H22N4O2/c1-6-15(18(7-2)21(27)23-5)12-25-14(4)20(13(3)24-25)16-8-9-17(11-22)19(26)10-16/h6-10,26H,1-2,12H2,3-5H3,(H,23,27)/b18-15-. The molecule has 1 aromatic carbocycles. The smallest absolute Gasteiger partial charge is 0.251 e. The Bertz CT molecular complexity index is 990. The summed E-state index contributed by atoms with van der Waals surface area (Å²) in [6, 6.07) is 6.86. The number of aromatic hydroxyl groups is 1. The predicted molar refractivity (Wildman–Crippen MR) is 105 cm³/mol. The van der Waals surface area contributed by atoms with Crippen molar-refractivity contribution >= 4 is 5.91 Å². The Balaban J connectivity index is 2.52. The van der Waals surface area contributed by atoms with E-state index < -0.39 is 0 Å². The first-order chi connectivity index (χ1) is 12.9. The van der Waals surface area contributed by atoms with Crippen molar-refractivity contribution in [3.63, 3.8) is 0 Å². The first-order valence-electron chi connectivity index (χ1n) is 8.35. The second kappa shape index (κ2) is 8.19. The molecular formula is C21H22N4O2. The Kier molecular flexibility index (Phi) is 5.99. The molecule has 1 amide bonds. The van der Waals surface area contributed by atoms with Crippen LogP contribution in [0.4, 0.5) is 0 Å². The van der Waals surface area contributed by atoms with E-state index in [-0.39, 0.29) is 17.2 Å². The number of allylic oxidation sites excluding steroid dienone is 2. The molecule has 2 rings (SSSR count). The van der Waals surface area contributed by atoms with E-state index in [1.54, 1.807) is 36.0 Å². The quantitative estimate of drug-likeness (QED) is 0.610. The van der Waals surface area contributed by atoms with Gasteiger partial charge in [0, 0.05) is 23.9 Å². The zero-order chi connectivity index (χ0) is 20.1. The summed E-state index contributed by atoms with van der Waals surface area (Å²) in [7, 11) is 1.56. The Morgan fingerprint density at radius 3 is 2.59 bits per heavy atom. The van der Waals surface area contributed by atoms with Gasteiger partial charge in [0.25, 0.3) is 5.91 Å². The first-order valence-corrected chi connectivity index (χ1v) is 8.35. The van der Waals surface area contributed by atoms with Gasteiger partial charge in [0.1, 0.15) is 11.8 Å². The molecular weight excluding hydrogens is 340 g/mol. The Morgan fingerprint density at radius 1 is 1.37 bits per heavy atom. The molecule has 0 aliphatic carbocycles. The van der Waals surface area contributed by atoms with Gasteiger partial charge >= 0.3 is 0 Å². The average Bonchev–Trinajstić information content (AvgIpc) is 2.94. The molecule has 6 nitrogen and oxygen atoms in total. The molecule has 0 saturated heterocycles. The fourth-order valence-electron chi connectivity index (χ4n) is 2.98. The Labute approximate surface area is 158 Å². The molecule has 6 heteroatoms. The molecule has 2 N–H and O–H groups in total. The van der Waals surface area contributed by atoms with Crippen LogP contribution in [0.5, 0.6) is 5.75 Å². The van der Waals surface area contributed by atoms with Gasteiger partial charge < -0.3 is 10.4 Å². The normalized spacial score (nSPS) is 11.3. The highest BCUT2D eigenvalue weighted by Crippen LogP contribution is 2.31. The average molecular weight is 362 g/mol. The minimum Gasteiger partial charge on any atom is -0.507 e. The van der Waals surface area contributed by atoms with Crippen molar-refractivity contribution in [2.75, 3.05) is 7.05 Å². The van der Waals surface area contributed by atoms with Crippen molar-refractivity contribution in [1.29, 1.82) is 5.26 Å². The van der Waals surface area contributed by atoms with Gasteiger partial charge in [-0.3, -0.25) is 9.48 Å². The number of amides is 1. The van der Waals surface area contributed by atoms with Crippen LogP contribution in [0.1, 0.15) is 17.0 Å². The van der Waals surface area contributed by atoms with Crippen LogP contribution >= 0.6 is 0 Å². The van der Waals surface area contributed by atoms with Crippen LogP contribution in [-0.2, 0) is 11.3 Å². The number of carbonyl (C=O) groups excluding carboxylic acids is 1. The van der Waals surface area contributed by atoms with Crippen LogP contribution in [0.3, 0.4) is 0 Å². The van der Waals surface area contributed by atoms with Crippen LogP contribution in [0.15, 0.2) is 54.7 Å². The molecule has 0 spiro atoms. The number of aromatic nitrogens is 2. The van der Waals surface area contributed by atoms with Gasteiger partial charge in [0.15, 0.2) is 0 Å². The van der Waals surface area contributed by atoms with Crippen LogP contribution in [0, 0.1) is 25.2 Å². The van der Waals surface area contributed by atoms with E-state index in [0.717, 1.165) is 22.5 Å². The second-order valence-electron chi connectivity index (χ2n) is 5.97. The molecule has 0 saturated carbocycles. The van der Waals surface area contributed by atoms with Gasteiger partial charge in [0.2, 0.25) is 0 Å². The van der Waals surface area contributed by atoms with Gasteiger partial charge in [-0.05, 0) is 37.1 Å². The summed E-state index contributed by atoms with van der Waals surface area (Å²) in [6.07, 6.45) is 3.12. The Hall–Kier alpha value is -3.59. The number of nitriles is 1. The molecule has 0 unspecified atom stereocenters. The third-order valence-corrected chi connectivity index (χ3v) is 4.38. The third kappa shape index (κ3) is 3.82. The van der Waals surface area contributed by atoms with E-state index in [2.05, 4.69) is 23.6 Å². The van der Waals surface area contributed by atoms with Crippen LogP contribution < -0.4 is 5.32 Å². The van der Waals surface area contributed by atoms with E-state index in [1.807, 2.05) is 19.9 Å². The number of rotatable bonds is 6. The summed E-state index contributed by atoms with van der Waals surface area (Å²) in [4.78, 5) is 12.0. The van der Waals surface area contributed by atoms with Gasteiger partial charge in [-0.25, -0.2) is 0 Å². The summed E-state index contributed by atoms with van der Waals surface area (Å²) >= 11 is 0. The minimum atomic E-state index is -0.237. The highest BCUT2D eigenvalue weighted by atomic mass is 16.3. The van der Waals surface area contributed by atoms with Crippen LogP contribution in [0.25, 0.3) is 11.1 Å². The summed E-state index contributed by atoms with van der Waals surface area (Å²) in [5.41, 5.74) is 4.66. The number of carbonyl (C=O) groups is 1. The van der Waals surface area contributed by atoms with E-state index in [4.69, 9.17) is 5.26 Å². The minimum absolute atomic E-state index is 0.0678. The van der Waals surface area contributed by atoms with Crippen molar-refractivity contribution in [1.82, 2.24) is 15.1 Å². The van der Waals surface area contributed by atoms with Crippen LogP contribution in [-0.4, -0.2) is 27.8 Å². The highest BCUT2D eigenvalue weighted by Gasteiger charge is 2.17. The Morgan fingerprint density at radius 2 is 2.07 bits per heavy atom. The maximum atomic E-state index is 12.0. The predicted octanol–water partition coefficient (Wildman–Crippen LogP) is 3.16. The molecule has 27 heavy (non-hydrogen) atoms. The lowest BCUT2D eigenvalue weighted by atomic mass is 10.0.